The molecule has 0 heterocycles. The third kappa shape index (κ3) is 2.45. The smallest absolute Gasteiger partial charge is 0.109 e. The second kappa shape index (κ2) is 5.34. The predicted molar refractivity (Wildman–Crippen MR) is 72.3 cm³/mol. The van der Waals surface area contributed by atoms with E-state index >= 15 is 0 Å². The van der Waals surface area contributed by atoms with E-state index < -0.39 is 12.2 Å². The topological polar surface area (TPSA) is 40.5 Å². The van der Waals surface area contributed by atoms with Gasteiger partial charge in [-0.25, -0.2) is 0 Å². The summed E-state index contributed by atoms with van der Waals surface area (Å²) in [7, 11) is 0. The van der Waals surface area contributed by atoms with Gasteiger partial charge in [-0.2, -0.15) is 0 Å². The van der Waals surface area contributed by atoms with Crippen LogP contribution in [-0.2, 0) is 0 Å². The lowest BCUT2D eigenvalue weighted by Gasteiger charge is -2.21. The first-order valence-electron chi connectivity index (χ1n) is 6.08. The second-order valence-corrected chi connectivity index (χ2v) is 4.60. The number of aliphatic hydroxyl groups is 2. The van der Waals surface area contributed by atoms with Crippen LogP contribution in [0.4, 0.5) is 0 Å². The highest BCUT2D eigenvalue weighted by Gasteiger charge is 2.22. The predicted octanol–water partition coefficient (Wildman–Crippen LogP) is 3.07. The van der Waals surface area contributed by atoms with E-state index in [0.717, 1.165) is 22.3 Å². The number of hydrogen-bond donors (Lipinski definition) is 2. The quantitative estimate of drug-likeness (QED) is 0.868. The van der Waals surface area contributed by atoms with Crippen LogP contribution in [0.2, 0.25) is 0 Å². The van der Waals surface area contributed by atoms with E-state index in [1.54, 1.807) is 0 Å². The number of hydrogen-bond acceptors (Lipinski definition) is 2. The summed E-state index contributed by atoms with van der Waals surface area (Å²) in [5, 5.41) is 20.6. The average molecular weight is 242 g/mol. The minimum Gasteiger partial charge on any atom is -0.385 e. The number of aryl methyl sites for hydroxylation is 2. The molecule has 2 atom stereocenters. The Labute approximate surface area is 108 Å². The Morgan fingerprint density at radius 2 is 1.00 bits per heavy atom. The summed E-state index contributed by atoms with van der Waals surface area (Å²) in [4.78, 5) is 0. The molecule has 0 unspecified atom stereocenters. The van der Waals surface area contributed by atoms with Crippen molar-refractivity contribution in [2.24, 2.45) is 0 Å². The molecule has 0 saturated heterocycles. The maximum Gasteiger partial charge on any atom is 0.109 e. The number of benzene rings is 2. The van der Waals surface area contributed by atoms with Crippen LogP contribution in [0.1, 0.15) is 34.5 Å². The molecule has 0 aliphatic heterocycles. The summed E-state index contributed by atoms with van der Waals surface area (Å²) in [5.41, 5.74) is 3.51. The van der Waals surface area contributed by atoms with Crippen molar-refractivity contribution >= 4 is 0 Å². The fourth-order valence-electron chi connectivity index (χ4n) is 2.18. The molecule has 2 nitrogen and oxygen atoms in total. The van der Waals surface area contributed by atoms with Gasteiger partial charge in [0.25, 0.3) is 0 Å². The van der Waals surface area contributed by atoms with E-state index in [0.29, 0.717) is 0 Å². The first-order chi connectivity index (χ1) is 8.61. The van der Waals surface area contributed by atoms with Crippen molar-refractivity contribution < 1.29 is 10.2 Å². The minimum atomic E-state index is -0.896. The van der Waals surface area contributed by atoms with E-state index in [2.05, 4.69) is 0 Å². The lowest BCUT2D eigenvalue weighted by atomic mass is 9.93. The summed E-state index contributed by atoms with van der Waals surface area (Å²) in [6, 6.07) is 15.2. The summed E-state index contributed by atoms with van der Waals surface area (Å²) in [5.74, 6) is 0. The molecule has 2 N–H and O–H groups in total. The van der Waals surface area contributed by atoms with Crippen molar-refractivity contribution in [2.75, 3.05) is 0 Å². The van der Waals surface area contributed by atoms with Crippen LogP contribution in [-0.4, -0.2) is 10.2 Å². The molecule has 0 bridgehead atoms. The van der Waals surface area contributed by atoms with Gasteiger partial charge in [-0.05, 0) is 36.1 Å². The van der Waals surface area contributed by atoms with Crippen molar-refractivity contribution in [1.82, 2.24) is 0 Å². The van der Waals surface area contributed by atoms with Crippen LogP contribution in [0.5, 0.6) is 0 Å². The molecule has 0 saturated carbocycles. The highest BCUT2D eigenvalue weighted by molar-refractivity contribution is 5.33. The number of rotatable bonds is 3. The summed E-state index contributed by atoms with van der Waals surface area (Å²) in [6.45, 7) is 3.87. The van der Waals surface area contributed by atoms with Gasteiger partial charge in [0.05, 0.1) is 0 Å². The molecule has 18 heavy (non-hydrogen) atoms. The van der Waals surface area contributed by atoms with Crippen molar-refractivity contribution in [1.29, 1.82) is 0 Å². The normalized spacial score (nSPS) is 14.2. The van der Waals surface area contributed by atoms with E-state index in [1.165, 1.54) is 0 Å². The van der Waals surface area contributed by atoms with Crippen molar-refractivity contribution in [3.63, 3.8) is 0 Å². The Balaban J connectivity index is 2.33. The zero-order chi connectivity index (χ0) is 13.1. The van der Waals surface area contributed by atoms with Crippen molar-refractivity contribution in [3.05, 3.63) is 70.8 Å². The van der Waals surface area contributed by atoms with Gasteiger partial charge >= 0.3 is 0 Å². The highest BCUT2D eigenvalue weighted by Crippen LogP contribution is 2.31. The maximum atomic E-state index is 10.3. The van der Waals surface area contributed by atoms with Crippen LogP contribution in [0.15, 0.2) is 48.5 Å². The van der Waals surface area contributed by atoms with Crippen LogP contribution >= 0.6 is 0 Å². The molecule has 2 rings (SSSR count). The van der Waals surface area contributed by atoms with E-state index in [-0.39, 0.29) is 0 Å². The highest BCUT2D eigenvalue weighted by atomic mass is 16.3. The summed E-state index contributed by atoms with van der Waals surface area (Å²) in [6.07, 6.45) is -1.79. The van der Waals surface area contributed by atoms with Gasteiger partial charge in [-0.1, -0.05) is 48.5 Å². The Morgan fingerprint density at radius 1 is 0.667 bits per heavy atom. The first kappa shape index (κ1) is 12.8. The third-order valence-electron chi connectivity index (χ3n) is 3.31. The Bertz CT molecular complexity index is 485. The molecular formula is C16H18O2. The van der Waals surface area contributed by atoms with Gasteiger partial charge in [-0.3, -0.25) is 0 Å². The first-order valence-corrected chi connectivity index (χ1v) is 6.08. The molecular weight excluding hydrogens is 224 g/mol. The van der Waals surface area contributed by atoms with E-state index in [4.69, 9.17) is 0 Å². The lowest BCUT2D eigenvalue weighted by molar-refractivity contribution is 0.0165. The largest absolute Gasteiger partial charge is 0.385 e. The SMILES string of the molecule is Cc1ccccc1[C@@H](O)[C@H](O)c1ccccc1C. The Hall–Kier alpha value is -1.64. The van der Waals surface area contributed by atoms with Crippen molar-refractivity contribution in [3.8, 4) is 0 Å². The lowest BCUT2D eigenvalue weighted by Crippen LogP contribution is -2.12. The number of aliphatic hydroxyl groups excluding tert-OH is 2. The molecule has 0 aliphatic rings. The molecule has 2 heteroatoms. The Morgan fingerprint density at radius 3 is 1.33 bits per heavy atom. The molecule has 0 aliphatic carbocycles. The molecule has 0 amide bonds. The molecule has 0 aromatic heterocycles. The van der Waals surface area contributed by atoms with Crippen LogP contribution < -0.4 is 0 Å². The maximum absolute atomic E-state index is 10.3. The fraction of sp³-hybridized carbons (Fsp3) is 0.250. The van der Waals surface area contributed by atoms with Crippen LogP contribution in [0.3, 0.4) is 0 Å². The van der Waals surface area contributed by atoms with Gasteiger partial charge in [0.15, 0.2) is 0 Å². The van der Waals surface area contributed by atoms with Gasteiger partial charge in [0.1, 0.15) is 12.2 Å². The summed E-state index contributed by atoms with van der Waals surface area (Å²) < 4.78 is 0. The average Bonchev–Trinajstić information content (AvgIpc) is 2.38. The summed E-state index contributed by atoms with van der Waals surface area (Å²) >= 11 is 0. The molecule has 0 spiro atoms. The zero-order valence-corrected chi connectivity index (χ0v) is 10.7. The molecule has 0 radical (unpaired) electrons. The van der Waals surface area contributed by atoms with E-state index in [9.17, 15) is 10.2 Å². The van der Waals surface area contributed by atoms with E-state index in [1.807, 2.05) is 62.4 Å². The molecule has 0 fully saturated rings. The third-order valence-corrected chi connectivity index (χ3v) is 3.31. The fourth-order valence-corrected chi connectivity index (χ4v) is 2.18. The van der Waals surface area contributed by atoms with Gasteiger partial charge in [-0.15, -0.1) is 0 Å². The van der Waals surface area contributed by atoms with Crippen LogP contribution in [0.25, 0.3) is 0 Å². The van der Waals surface area contributed by atoms with Crippen LogP contribution in [0, 0.1) is 13.8 Å². The van der Waals surface area contributed by atoms with Gasteiger partial charge in [0, 0.05) is 0 Å². The molecule has 2 aromatic carbocycles. The van der Waals surface area contributed by atoms with Crippen molar-refractivity contribution in [2.45, 2.75) is 26.1 Å². The van der Waals surface area contributed by atoms with Gasteiger partial charge < -0.3 is 10.2 Å². The van der Waals surface area contributed by atoms with Gasteiger partial charge in [0.2, 0.25) is 0 Å². The minimum absolute atomic E-state index is 0.772. The molecule has 2 aromatic rings. The monoisotopic (exact) mass is 242 g/mol. The second-order valence-electron chi connectivity index (χ2n) is 4.60. The standard InChI is InChI=1S/C16H18O2/c1-11-7-3-5-9-13(11)15(17)16(18)14-10-6-4-8-12(14)2/h3-10,15-18H,1-2H3/t15-,16-/m1/s1. The molecule has 94 valence electrons. The zero-order valence-electron chi connectivity index (χ0n) is 10.7. The Kier molecular flexibility index (Phi) is 3.80.